The largest absolute Gasteiger partial charge is 0.363 e. The first-order valence-corrected chi connectivity index (χ1v) is 5.58. The van der Waals surface area contributed by atoms with E-state index >= 15 is 0 Å². The maximum absolute atomic E-state index is 8.53. The number of aromatic nitrogens is 2. The van der Waals surface area contributed by atoms with Crippen LogP contribution in [0.3, 0.4) is 0 Å². The highest BCUT2D eigenvalue weighted by atomic mass is 15.1. The van der Waals surface area contributed by atoms with Crippen molar-refractivity contribution in [1.82, 2.24) is 9.97 Å². The summed E-state index contributed by atoms with van der Waals surface area (Å²) in [6, 6.07) is 11.9. The van der Waals surface area contributed by atoms with Crippen molar-refractivity contribution in [2.45, 2.75) is 13.0 Å². The van der Waals surface area contributed by atoms with E-state index in [1.54, 1.807) is 6.07 Å². The summed E-state index contributed by atoms with van der Waals surface area (Å²) >= 11 is 0. The van der Waals surface area contributed by atoms with Crippen molar-refractivity contribution >= 4 is 11.6 Å². The molecular weight excluding hydrogens is 226 g/mol. The maximum Gasteiger partial charge on any atom is 0.182 e. The smallest absolute Gasteiger partial charge is 0.182 e. The zero-order valence-electron chi connectivity index (χ0n) is 9.96. The molecule has 0 aliphatic rings. The quantitative estimate of drug-likeness (QED) is 0.633. The summed E-state index contributed by atoms with van der Waals surface area (Å²) in [5.74, 6) is 1.16. The third-order valence-electron chi connectivity index (χ3n) is 2.52. The molecule has 0 aliphatic carbocycles. The molecule has 2 aromatic rings. The molecule has 0 saturated carbocycles. The van der Waals surface area contributed by atoms with Crippen molar-refractivity contribution in [3.63, 3.8) is 0 Å². The average Bonchev–Trinajstić information content (AvgIpc) is 2.40. The maximum atomic E-state index is 8.53. The van der Waals surface area contributed by atoms with Crippen LogP contribution in [0.15, 0.2) is 42.7 Å². The minimum atomic E-state index is 0.135. The van der Waals surface area contributed by atoms with Crippen LogP contribution in [0.5, 0.6) is 0 Å². The second kappa shape index (κ2) is 5.64. The lowest BCUT2D eigenvalue weighted by atomic mass is 10.1. The minimum Gasteiger partial charge on any atom is -0.363 e. The zero-order valence-corrected chi connectivity index (χ0v) is 9.96. The Kier molecular flexibility index (Phi) is 3.72. The van der Waals surface area contributed by atoms with Crippen LogP contribution in [-0.4, -0.2) is 9.97 Å². The van der Waals surface area contributed by atoms with Gasteiger partial charge in [-0.1, -0.05) is 30.3 Å². The summed E-state index contributed by atoms with van der Waals surface area (Å²) in [5, 5.41) is 14.3. The molecule has 2 N–H and O–H groups in total. The Morgan fingerprint density at radius 3 is 2.61 bits per heavy atom. The third kappa shape index (κ3) is 2.95. The molecule has 1 atom stereocenters. The molecular formula is C13H13N5. The fourth-order valence-corrected chi connectivity index (χ4v) is 1.61. The van der Waals surface area contributed by atoms with Crippen LogP contribution in [0.2, 0.25) is 0 Å². The molecule has 2 rings (SSSR count). The number of rotatable bonds is 4. The van der Waals surface area contributed by atoms with Gasteiger partial charge in [-0.05, 0) is 12.5 Å². The summed E-state index contributed by atoms with van der Waals surface area (Å²) in [6.07, 6.45) is 3.24. The number of nitriles is 1. The Morgan fingerprint density at radius 1 is 1.17 bits per heavy atom. The second-order valence-corrected chi connectivity index (χ2v) is 3.80. The topological polar surface area (TPSA) is 73.6 Å². The molecule has 0 fully saturated rings. The molecule has 5 heteroatoms. The van der Waals surface area contributed by atoms with Crippen molar-refractivity contribution in [2.75, 3.05) is 10.6 Å². The highest BCUT2D eigenvalue weighted by Gasteiger charge is 2.05. The number of anilines is 2. The van der Waals surface area contributed by atoms with Gasteiger partial charge >= 0.3 is 0 Å². The van der Waals surface area contributed by atoms with Crippen LogP contribution < -0.4 is 10.6 Å². The first-order chi connectivity index (χ1) is 8.79. The molecule has 18 heavy (non-hydrogen) atoms. The van der Waals surface area contributed by atoms with E-state index in [4.69, 9.17) is 5.26 Å². The average molecular weight is 239 g/mol. The van der Waals surface area contributed by atoms with Crippen LogP contribution in [0.1, 0.15) is 18.5 Å². The first kappa shape index (κ1) is 11.9. The second-order valence-electron chi connectivity index (χ2n) is 3.80. The number of hydrogen-bond donors (Lipinski definition) is 2. The van der Waals surface area contributed by atoms with Gasteiger partial charge in [-0.15, -0.1) is 0 Å². The number of nitrogens with one attached hydrogen (secondary N) is 2. The lowest BCUT2D eigenvalue weighted by Gasteiger charge is -2.14. The van der Waals surface area contributed by atoms with Crippen LogP contribution in [0.25, 0.3) is 0 Å². The number of hydrogen-bond acceptors (Lipinski definition) is 5. The van der Waals surface area contributed by atoms with Gasteiger partial charge in [0.15, 0.2) is 6.19 Å². The van der Waals surface area contributed by atoms with Crippen molar-refractivity contribution in [3.8, 4) is 6.19 Å². The minimum absolute atomic E-state index is 0.135. The fraction of sp³-hybridized carbons (Fsp3) is 0.154. The van der Waals surface area contributed by atoms with E-state index in [0.29, 0.717) is 11.6 Å². The predicted molar refractivity (Wildman–Crippen MR) is 69.7 cm³/mol. The van der Waals surface area contributed by atoms with Crippen molar-refractivity contribution in [3.05, 3.63) is 48.3 Å². The van der Waals surface area contributed by atoms with Gasteiger partial charge in [-0.3, -0.25) is 5.32 Å². The van der Waals surface area contributed by atoms with Gasteiger partial charge in [0.2, 0.25) is 0 Å². The van der Waals surface area contributed by atoms with E-state index in [0.717, 1.165) is 0 Å². The predicted octanol–water partition coefficient (Wildman–Crippen LogP) is 2.54. The first-order valence-electron chi connectivity index (χ1n) is 5.58. The molecule has 0 saturated heterocycles. The molecule has 0 radical (unpaired) electrons. The Bertz CT molecular complexity index is 547. The Labute approximate surface area is 106 Å². The standard InChI is InChI=1S/C13H13N5/c1-10(11-5-3-2-4-6-11)18-13-7-12(15-8-14)16-9-17-13/h2-7,9-10H,1H3,(H2,15,16,17,18). The lowest BCUT2D eigenvalue weighted by Crippen LogP contribution is -2.08. The molecule has 5 nitrogen and oxygen atoms in total. The molecule has 1 aromatic carbocycles. The van der Waals surface area contributed by atoms with E-state index in [2.05, 4.69) is 27.5 Å². The van der Waals surface area contributed by atoms with Gasteiger partial charge in [-0.25, -0.2) is 9.97 Å². The molecule has 0 spiro atoms. The Morgan fingerprint density at radius 2 is 1.89 bits per heavy atom. The molecule has 90 valence electrons. The molecule has 0 aliphatic heterocycles. The summed E-state index contributed by atoms with van der Waals surface area (Å²) in [7, 11) is 0. The van der Waals surface area contributed by atoms with Crippen LogP contribution in [-0.2, 0) is 0 Å². The van der Waals surface area contributed by atoms with E-state index in [1.165, 1.54) is 11.9 Å². The van der Waals surface area contributed by atoms with Crippen LogP contribution >= 0.6 is 0 Å². The van der Waals surface area contributed by atoms with Gasteiger partial charge in [0, 0.05) is 12.1 Å². The number of nitrogens with zero attached hydrogens (tertiary/aromatic N) is 3. The van der Waals surface area contributed by atoms with Gasteiger partial charge in [-0.2, -0.15) is 5.26 Å². The normalized spacial score (nSPS) is 11.3. The van der Waals surface area contributed by atoms with Crippen molar-refractivity contribution < 1.29 is 0 Å². The summed E-state index contributed by atoms with van der Waals surface area (Å²) < 4.78 is 0. The van der Waals surface area contributed by atoms with E-state index < -0.39 is 0 Å². The van der Waals surface area contributed by atoms with Crippen molar-refractivity contribution in [2.24, 2.45) is 0 Å². The van der Waals surface area contributed by atoms with Gasteiger partial charge in [0.25, 0.3) is 0 Å². The highest BCUT2D eigenvalue weighted by Crippen LogP contribution is 2.18. The van der Waals surface area contributed by atoms with Crippen LogP contribution in [0, 0.1) is 11.5 Å². The van der Waals surface area contributed by atoms with E-state index in [9.17, 15) is 0 Å². The van der Waals surface area contributed by atoms with E-state index in [-0.39, 0.29) is 6.04 Å². The molecule has 1 unspecified atom stereocenters. The van der Waals surface area contributed by atoms with E-state index in [1.807, 2.05) is 36.5 Å². The van der Waals surface area contributed by atoms with Gasteiger partial charge in [0.05, 0.1) is 0 Å². The third-order valence-corrected chi connectivity index (χ3v) is 2.52. The Balaban J connectivity index is 2.10. The molecule has 1 aromatic heterocycles. The summed E-state index contributed by atoms with van der Waals surface area (Å²) in [4.78, 5) is 8.04. The fourth-order valence-electron chi connectivity index (χ4n) is 1.61. The highest BCUT2D eigenvalue weighted by molar-refractivity contribution is 5.49. The number of benzene rings is 1. The summed E-state index contributed by atoms with van der Waals surface area (Å²) in [6.45, 7) is 2.05. The Hall–Kier alpha value is -2.61. The van der Waals surface area contributed by atoms with Crippen LogP contribution in [0.4, 0.5) is 11.6 Å². The van der Waals surface area contributed by atoms with Gasteiger partial charge < -0.3 is 5.32 Å². The molecule has 0 bridgehead atoms. The lowest BCUT2D eigenvalue weighted by molar-refractivity contribution is 0.872. The van der Waals surface area contributed by atoms with Gasteiger partial charge in [0.1, 0.15) is 18.0 Å². The van der Waals surface area contributed by atoms with Crippen molar-refractivity contribution in [1.29, 1.82) is 5.26 Å². The SMILES string of the molecule is CC(Nc1cc(NC#N)ncn1)c1ccccc1. The monoisotopic (exact) mass is 239 g/mol. The zero-order chi connectivity index (χ0) is 12.8. The molecule has 1 heterocycles. The summed E-state index contributed by atoms with van der Waals surface area (Å²) in [5.41, 5.74) is 1.17. The molecule has 0 amide bonds.